The number of piperidine rings is 1. The molecule has 1 atom stereocenters. The molecule has 1 N–H and O–H groups in total. The van der Waals surface area contributed by atoms with Crippen LogP contribution in [0.5, 0.6) is 0 Å². The largest absolute Gasteiger partial charge is 0.396 e. The molecule has 1 aliphatic carbocycles. The Kier molecular flexibility index (Phi) is 4.10. The van der Waals surface area contributed by atoms with Crippen molar-refractivity contribution in [3.63, 3.8) is 0 Å². The highest BCUT2D eigenvalue weighted by atomic mass is 16.3. The van der Waals surface area contributed by atoms with Gasteiger partial charge in [0.15, 0.2) is 0 Å². The second-order valence-electron chi connectivity index (χ2n) is 6.16. The lowest BCUT2D eigenvalue weighted by Gasteiger charge is -2.34. The first-order chi connectivity index (χ1) is 9.79. The van der Waals surface area contributed by atoms with E-state index in [-0.39, 0.29) is 12.5 Å². The smallest absolute Gasteiger partial charge is 0.270 e. The van der Waals surface area contributed by atoms with Crippen molar-refractivity contribution in [2.24, 2.45) is 5.92 Å². The van der Waals surface area contributed by atoms with Crippen LogP contribution in [0.25, 0.3) is 0 Å². The number of nitrogens with zero attached hydrogens (tertiary/aromatic N) is 2. The molecule has 0 bridgehead atoms. The lowest BCUT2D eigenvalue weighted by atomic mass is 9.92. The second-order valence-corrected chi connectivity index (χ2v) is 6.16. The number of aliphatic hydroxyl groups is 1. The Morgan fingerprint density at radius 2 is 2.15 bits per heavy atom. The van der Waals surface area contributed by atoms with E-state index in [1.54, 1.807) is 0 Å². The summed E-state index contributed by atoms with van der Waals surface area (Å²) in [6, 6.07) is 4.47. The van der Waals surface area contributed by atoms with Crippen LogP contribution in [-0.2, 0) is 0 Å². The Labute approximate surface area is 120 Å². The van der Waals surface area contributed by atoms with Gasteiger partial charge in [-0.1, -0.05) is 0 Å². The van der Waals surface area contributed by atoms with Gasteiger partial charge in [-0.3, -0.25) is 4.79 Å². The van der Waals surface area contributed by atoms with E-state index in [4.69, 9.17) is 5.11 Å². The first kappa shape index (κ1) is 13.7. The number of aromatic nitrogens is 1. The van der Waals surface area contributed by atoms with Crippen LogP contribution in [-0.4, -0.2) is 40.2 Å². The molecule has 1 unspecified atom stereocenters. The number of aliphatic hydroxyl groups excluding tert-OH is 1. The van der Waals surface area contributed by atoms with Crippen LogP contribution in [0.4, 0.5) is 0 Å². The first-order valence-corrected chi connectivity index (χ1v) is 7.86. The van der Waals surface area contributed by atoms with Crippen LogP contribution in [0, 0.1) is 5.92 Å². The molecular formula is C16H24N2O2. The van der Waals surface area contributed by atoms with Crippen molar-refractivity contribution in [2.45, 2.75) is 44.6 Å². The molecule has 1 amide bonds. The van der Waals surface area contributed by atoms with E-state index in [9.17, 15) is 4.79 Å². The number of hydrogen-bond donors (Lipinski definition) is 1. The molecule has 1 saturated carbocycles. The Morgan fingerprint density at radius 3 is 2.85 bits per heavy atom. The van der Waals surface area contributed by atoms with Crippen LogP contribution < -0.4 is 0 Å². The van der Waals surface area contributed by atoms with E-state index < -0.39 is 0 Å². The third kappa shape index (κ3) is 2.62. The van der Waals surface area contributed by atoms with Crippen LogP contribution in [0.1, 0.15) is 55.1 Å². The SMILES string of the molecule is O=C(c1cccn1C1CCC1)N1CCCC(CCO)C1. The molecule has 3 rings (SSSR count). The average molecular weight is 276 g/mol. The Morgan fingerprint density at radius 1 is 1.30 bits per heavy atom. The third-order valence-electron chi connectivity index (χ3n) is 4.81. The lowest BCUT2D eigenvalue weighted by Crippen LogP contribution is -2.41. The fourth-order valence-corrected chi connectivity index (χ4v) is 3.39. The summed E-state index contributed by atoms with van der Waals surface area (Å²) in [5, 5.41) is 9.08. The summed E-state index contributed by atoms with van der Waals surface area (Å²) in [4.78, 5) is 14.7. The quantitative estimate of drug-likeness (QED) is 0.918. The summed E-state index contributed by atoms with van der Waals surface area (Å²) in [7, 11) is 0. The van der Waals surface area contributed by atoms with Gasteiger partial charge in [0, 0.05) is 31.9 Å². The molecule has 1 saturated heterocycles. The molecule has 2 heterocycles. The molecule has 1 aliphatic heterocycles. The minimum absolute atomic E-state index is 0.171. The van der Waals surface area contributed by atoms with Gasteiger partial charge < -0.3 is 14.6 Å². The van der Waals surface area contributed by atoms with Gasteiger partial charge in [-0.05, 0) is 56.6 Å². The normalized spacial score (nSPS) is 23.6. The molecule has 110 valence electrons. The fourth-order valence-electron chi connectivity index (χ4n) is 3.39. The number of hydrogen-bond acceptors (Lipinski definition) is 2. The number of likely N-dealkylation sites (tertiary alicyclic amines) is 1. The van der Waals surface area contributed by atoms with Crippen LogP contribution in [0.3, 0.4) is 0 Å². The molecule has 4 heteroatoms. The molecule has 20 heavy (non-hydrogen) atoms. The number of carbonyl (C=O) groups excluding carboxylic acids is 1. The summed E-state index contributed by atoms with van der Waals surface area (Å²) < 4.78 is 2.17. The molecule has 0 aromatic carbocycles. The zero-order chi connectivity index (χ0) is 13.9. The van der Waals surface area contributed by atoms with Crippen molar-refractivity contribution < 1.29 is 9.90 Å². The predicted molar refractivity (Wildman–Crippen MR) is 77.7 cm³/mol. The van der Waals surface area contributed by atoms with Gasteiger partial charge in [0.2, 0.25) is 0 Å². The molecule has 0 spiro atoms. The number of carbonyl (C=O) groups is 1. The van der Waals surface area contributed by atoms with E-state index in [0.717, 1.165) is 38.0 Å². The maximum absolute atomic E-state index is 12.7. The van der Waals surface area contributed by atoms with Crippen LogP contribution >= 0.6 is 0 Å². The van der Waals surface area contributed by atoms with E-state index in [1.165, 1.54) is 19.3 Å². The highest BCUT2D eigenvalue weighted by molar-refractivity contribution is 5.93. The van der Waals surface area contributed by atoms with Gasteiger partial charge in [0.25, 0.3) is 5.91 Å². The maximum Gasteiger partial charge on any atom is 0.270 e. The molecule has 2 fully saturated rings. The zero-order valence-corrected chi connectivity index (χ0v) is 12.0. The molecule has 1 aromatic rings. The van der Waals surface area contributed by atoms with Gasteiger partial charge in [0.05, 0.1) is 0 Å². The average Bonchev–Trinajstić information content (AvgIpc) is 2.85. The van der Waals surface area contributed by atoms with Gasteiger partial charge in [-0.2, -0.15) is 0 Å². The third-order valence-corrected chi connectivity index (χ3v) is 4.81. The van der Waals surface area contributed by atoms with E-state index in [0.29, 0.717) is 12.0 Å². The van der Waals surface area contributed by atoms with E-state index in [2.05, 4.69) is 4.57 Å². The summed E-state index contributed by atoms with van der Waals surface area (Å²) in [6.07, 6.45) is 8.72. The van der Waals surface area contributed by atoms with Crippen LogP contribution in [0.15, 0.2) is 18.3 Å². The van der Waals surface area contributed by atoms with Crippen molar-refractivity contribution in [3.8, 4) is 0 Å². The topological polar surface area (TPSA) is 45.5 Å². The predicted octanol–water partition coefficient (Wildman–Crippen LogP) is 2.45. The Bertz CT molecular complexity index is 463. The fraction of sp³-hybridized carbons (Fsp3) is 0.688. The summed E-state index contributed by atoms with van der Waals surface area (Å²) in [5.74, 6) is 0.634. The van der Waals surface area contributed by atoms with Crippen molar-refractivity contribution in [2.75, 3.05) is 19.7 Å². The highest BCUT2D eigenvalue weighted by Crippen LogP contribution is 2.33. The van der Waals surface area contributed by atoms with Crippen molar-refractivity contribution in [1.82, 2.24) is 9.47 Å². The number of rotatable bonds is 4. The minimum atomic E-state index is 0.171. The zero-order valence-electron chi connectivity index (χ0n) is 12.0. The van der Waals surface area contributed by atoms with Crippen molar-refractivity contribution in [1.29, 1.82) is 0 Å². The van der Waals surface area contributed by atoms with Crippen LogP contribution in [0.2, 0.25) is 0 Å². The minimum Gasteiger partial charge on any atom is -0.396 e. The summed E-state index contributed by atoms with van der Waals surface area (Å²) >= 11 is 0. The van der Waals surface area contributed by atoms with Crippen molar-refractivity contribution >= 4 is 5.91 Å². The van der Waals surface area contributed by atoms with Gasteiger partial charge in [0.1, 0.15) is 5.69 Å². The van der Waals surface area contributed by atoms with Gasteiger partial charge >= 0.3 is 0 Å². The van der Waals surface area contributed by atoms with Gasteiger partial charge in [-0.25, -0.2) is 0 Å². The molecular weight excluding hydrogens is 252 g/mol. The molecule has 1 aromatic heterocycles. The maximum atomic E-state index is 12.7. The second kappa shape index (κ2) is 6.00. The molecule has 2 aliphatic rings. The first-order valence-electron chi connectivity index (χ1n) is 7.86. The Balaban J connectivity index is 1.70. The lowest BCUT2D eigenvalue weighted by molar-refractivity contribution is 0.0637. The van der Waals surface area contributed by atoms with Crippen molar-refractivity contribution in [3.05, 3.63) is 24.0 Å². The monoisotopic (exact) mass is 276 g/mol. The van der Waals surface area contributed by atoms with E-state index in [1.807, 2.05) is 23.2 Å². The summed E-state index contributed by atoms with van der Waals surface area (Å²) in [5.41, 5.74) is 0.847. The molecule has 0 radical (unpaired) electrons. The summed E-state index contributed by atoms with van der Waals surface area (Å²) in [6.45, 7) is 1.89. The van der Waals surface area contributed by atoms with Gasteiger partial charge in [-0.15, -0.1) is 0 Å². The number of amides is 1. The Hall–Kier alpha value is -1.29. The highest BCUT2D eigenvalue weighted by Gasteiger charge is 2.28. The van der Waals surface area contributed by atoms with E-state index >= 15 is 0 Å². The standard InChI is InChI=1S/C16H24N2O2/c19-11-8-13-4-2-9-17(12-13)16(20)15-7-3-10-18(15)14-5-1-6-14/h3,7,10,13-14,19H,1-2,4-6,8-9,11-12H2. The molecule has 4 nitrogen and oxygen atoms in total.